The lowest BCUT2D eigenvalue weighted by molar-refractivity contribution is 0.320. The van der Waals surface area contributed by atoms with Crippen molar-refractivity contribution in [2.45, 2.75) is 6.92 Å². The maximum Gasteiger partial charge on any atom is 0.0639 e. The molecule has 0 rings (SSSR count). The lowest BCUT2D eigenvalue weighted by Crippen LogP contribution is -1.85. The van der Waals surface area contributed by atoms with Gasteiger partial charge in [-0.15, -0.1) is 0 Å². The Labute approximate surface area is 43.1 Å². The molecule has 2 nitrogen and oxygen atoms in total. The van der Waals surface area contributed by atoms with Gasteiger partial charge >= 0.3 is 0 Å². The number of aliphatic hydroxyl groups excluding tert-OH is 2. The maximum atomic E-state index is 8.29. The minimum atomic E-state index is 0.0202. The molecule has 0 saturated carbocycles. The van der Waals surface area contributed by atoms with Crippen molar-refractivity contribution >= 4 is 0 Å². The van der Waals surface area contributed by atoms with E-state index in [4.69, 9.17) is 10.2 Å². The molecule has 0 aromatic rings. The normalized spacial score (nSPS) is 12.1. The second-order valence-electron chi connectivity index (χ2n) is 1.39. The zero-order valence-electron chi connectivity index (χ0n) is 4.39. The predicted molar refractivity (Wildman–Crippen MR) is 27.9 cm³/mol. The standard InChI is InChI=1S/C5H10O2/c1-5(4-7)2-3-6/h2,6-7H,3-4H2,1H3/b5-2+. The van der Waals surface area contributed by atoms with Crippen LogP contribution in [-0.2, 0) is 0 Å². The minimum Gasteiger partial charge on any atom is -0.392 e. The molecule has 0 aromatic heterocycles. The SMILES string of the molecule is C/C(=C\CO)CO. The molecular formula is C5H10O2. The molecule has 0 unspecified atom stereocenters. The highest BCUT2D eigenvalue weighted by atomic mass is 16.3. The molecule has 2 heteroatoms. The van der Waals surface area contributed by atoms with Crippen molar-refractivity contribution in [1.29, 1.82) is 0 Å². The Bertz CT molecular complexity index is 66.5. The van der Waals surface area contributed by atoms with E-state index in [2.05, 4.69) is 0 Å². The predicted octanol–water partition coefficient (Wildman–Crippen LogP) is -0.0827. The Morgan fingerprint density at radius 3 is 2.29 bits per heavy atom. The molecule has 0 heterocycles. The Balaban J connectivity index is 3.29. The number of aliphatic hydroxyl groups is 2. The first kappa shape index (κ1) is 6.66. The van der Waals surface area contributed by atoms with Gasteiger partial charge in [-0.1, -0.05) is 6.08 Å². The van der Waals surface area contributed by atoms with Gasteiger partial charge in [0.2, 0.25) is 0 Å². The van der Waals surface area contributed by atoms with Crippen LogP contribution in [0.1, 0.15) is 6.92 Å². The number of hydrogen-bond donors (Lipinski definition) is 2. The molecule has 0 radical (unpaired) electrons. The van der Waals surface area contributed by atoms with Crippen LogP contribution in [0.15, 0.2) is 11.6 Å². The number of hydrogen-bond acceptors (Lipinski definition) is 2. The van der Waals surface area contributed by atoms with Crippen LogP contribution in [0.4, 0.5) is 0 Å². The van der Waals surface area contributed by atoms with Crippen LogP contribution in [0.25, 0.3) is 0 Å². The Kier molecular flexibility index (Phi) is 3.65. The van der Waals surface area contributed by atoms with Gasteiger partial charge in [0.15, 0.2) is 0 Å². The van der Waals surface area contributed by atoms with Crippen molar-refractivity contribution in [1.82, 2.24) is 0 Å². The van der Waals surface area contributed by atoms with Crippen LogP contribution in [0.5, 0.6) is 0 Å². The molecule has 7 heavy (non-hydrogen) atoms. The van der Waals surface area contributed by atoms with Crippen molar-refractivity contribution < 1.29 is 10.2 Å². The van der Waals surface area contributed by atoms with Gasteiger partial charge in [0.05, 0.1) is 13.2 Å². The molecule has 0 amide bonds. The maximum absolute atomic E-state index is 8.29. The fourth-order valence-electron chi connectivity index (χ4n) is 0.220. The van der Waals surface area contributed by atoms with Crippen LogP contribution in [0, 0.1) is 0 Å². The summed E-state index contributed by atoms with van der Waals surface area (Å²) in [5.74, 6) is 0. The largest absolute Gasteiger partial charge is 0.392 e. The summed E-state index contributed by atoms with van der Waals surface area (Å²) < 4.78 is 0. The van der Waals surface area contributed by atoms with E-state index in [1.807, 2.05) is 0 Å². The highest BCUT2D eigenvalue weighted by Gasteiger charge is 1.78. The average molecular weight is 102 g/mol. The van der Waals surface area contributed by atoms with Gasteiger partial charge in [-0.05, 0) is 12.5 Å². The number of rotatable bonds is 2. The summed E-state index contributed by atoms with van der Waals surface area (Å²) in [5, 5.41) is 16.5. The Hall–Kier alpha value is -0.340. The molecule has 0 aliphatic rings. The average Bonchev–Trinajstić information content (AvgIpc) is 1.68. The van der Waals surface area contributed by atoms with Crippen LogP contribution >= 0.6 is 0 Å². The summed E-state index contributed by atoms with van der Waals surface area (Å²) in [6.45, 7) is 1.82. The molecule has 0 aliphatic heterocycles. The van der Waals surface area contributed by atoms with Crippen molar-refractivity contribution in [3.8, 4) is 0 Å². The van der Waals surface area contributed by atoms with E-state index < -0.39 is 0 Å². The van der Waals surface area contributed by atoms with E-state index in [-0.39, 0.29) is 13.2 Å². The molecule has 0 spiro atoms. The Morgan fingerprint density at radius 2 is 2.14 bits per heavy atom. The van der Waals surface area contributed by atoms with E-state index in [1.165, 1.54) is 0 Å². The van der Waals surface area contributed by atoms with Crippen LogP contribution < -0.4 is 0 Å². The van der Waals surface area contributed by atoms with Crippen LogP contribution in [0.3, 0.4) is 0 Å². The molecule has 0 aromatic carbocycles. The van der Waals surface area contributed by atoms with E-state index in [9.17, 15) is 0 Å². The lowest BCUT2D eigenvalue weighted by atomic mass is 10.3. The van der Waals surface area contributed by atoms with Gasteiger partial charge in [0.1, 0.15) is 0 Å². The summed E-state index contributed by atoms with van der Waals surface area (Å²) in [6, 6.07) is 0. The fraction of sp³-hybridized carbons (Fsp3) is 0.600. The summed E-state index contributed by atoms with van der Waals surface area (Å²) in [6.07, 6.45) is 1.57. The van der Waals surface area contributed by atoms with E-state index >= 15 is 0 Å². The zero-order chi connectivity index (χ0) is 5.70. The third kappa shape index (κ3) is 3.49. The van der Waals surface area contributed by atoms with Gasteiger partial charge < -0.3 is 10.2 Å². The van der Waals surface area contributed by atoms with Crippen molar-refractivity contribution in [3.05, 3.63) is 11.6 Å². The smallest absolute Gasteiger partial charge is 0.0639 e. The fourth-order valence-corrected chi connectivity index (χ4v) is 0.220. The molecular weight excluding hydrogens is 92.1 g/mol. The minimum absolute atomic E-state index is 0.0202. The third-order valence-corrected chi connectivity index (χ3v) is 0.689. The molecule has 0 aliphatic carbocycles. The van der Waals surface area contributed by atoms with Gasteiger partial charge in [-0.25, -0.2) is 0 Å². The highest BCUT2D eigenvalue weighted by Crippen LogP contribution is 1.85. The summed E-state index contributed by atoms with van der Waals surface area (Å²) >= 11 is 0. The first-order valence-corrected chi connectivity index (χ1v) is 2.18. The summed E-state index contributed by atoms with van der Waals surface area (Å²) in [4.78, 5) is 0. The first-order chi connectivity index (χ1) is 3.31. The quantitative estimate of drug-likeness (QED) is 0.479. The van der Waals surface area contributed by atoms with E-state index in [0.29, 0.717) is 0 Å². The molecule has 0 saturated heterocycles. The van der Waals surface area contributed by atoms with Crippen LogP contribution in [-0.4, -0.2) is 23.4 Å². The zero-order valence-corrected chi connectivity index (χ0v) is 4.39. The van der Waals surface area contributed by atoms with Crippen LogP contribution in [0.2, 0.25) is 0 Å². The highest BCUT2D eigenvalue weighted by molar-refractivity contribution is 4.96. The Morgan fingerprint density at radius 1 is 1.57 bits per heavy atom. The summed E-state index contributed by atoms with van der Waals surface area (Å²) in [5.41, 5.74) is 0.808. The van der Waals surface area contributed by atoms with Gasteiger partial charge in [0.25, 0.3) is 0 Å². The molecule has 0 atom stereocenters. The second kappa shape index (κ2) is 3.84. The van der Waals surface area contributed by atoms with Gasteiger partial charge in [-0.3, -0.25) is 0 Å². The van der Waals surface area contributed by atoms with E-state index in [0.717, 1.165) is 5.57 Å². The third-order valence-electron chi connectivity index (χ3n) is 0.689. The molecule has 42 valence electrons. The van der Waals surface area contributed by atoms with Crippen molar-refractivity contribution in [2.24, 2.45) is 0 Å². The molecule has 0 fully saturated rings. The van der Waals surface area contributed by atoms with E-state index in [1.54, 1.807) is 13.0 Å². The monoisotopic (exact) mass is 102 g/mol. The van der Waals surface area contributed by atoms with Crippen molar-refractivity contribution in [3.63, 3.8) is 0 Å². The summed E-state index contributed by atoms with van der Waals surface area (Å²) in [7, 11) is 0. The second-order valence-corrected chi connectivity index (χ2v) is 1.39. The van der Waals surface area contributed by atoms with Gasteiger partial charge in [0, 0.05) is 0 Å². The molecule has 0 bridgehead atoms. The first-order valence-electron chi connectivity index (χ1n) is 2.18. The van der Waals surface area contributed by atoms with Crippen molar-refractivity contribution in [2.75, 3.05) is 13.2 Å². The topological polar surface area (TPSA) is 40.5 Å². The van der Waals surface area contributed by atoms with Gasteiger partial charge in [-0.2, -0.15) is 0 Å². The molecule has 2 N–H and O–H groups in total. The lowest BCUT2D eigenvalue weighted by Gasteiger charge is -1.87.